The van der Waals surface area contributed by atoms with Crippen LogP contribution in [0.2, 0.25) is 0 Å². The smallest absolute Gasteiger partial charge is 0.272 e. The Hall–Kier alpha value is -4.19. The first-order valence-corrected chi connectivity index (χ1v) is 9.70. The first-order valence-electron chi connectivity index (χ1n) is 9.70. The van der Waals surface area contributed by atoms with Crippen LogP contribution in [-0.2, 0) is 0 Å². The largest absolute Gasteiger partial charge is 0.493 e. The van der Waals surface area contributed by atoms with E-state index in [1.54, 1.807) is 38.6 Å². The number of methoxy groups -OCH3 is 2. The number of hydrogen-bond acceptors (Lipinski definition) is 5. The van der Waals surface area contributed by atoms with E-state index in [2.05, 4.69) is 10.5 Å². The normalized spacial score (nSPS) is 10.9. The summed E-state index contributed by atoms with van der Waals surface area (Å²) < 4.78 is 10.5. The number of nitrogens with one attached hydrogen (secondary N) is 1. The molecule has 0 spiro atoms. The zero-order valence-electron chi connectivity index (χ0n) is 17.2. The number of aromatic nitrogens is 1. The topological polar surface area (TPSA) is 72.8 Å². The van der Waals surface area contributed by atoms with Crippen molar-refractivity contribution >= 4 is 23.0 Å². The summed E-state index contributed by atoms with van der Waals surface area (Å²) in [6.07, 6.45) is 1.56. The molecule has 0 aliphatic rings. The zero-order valence-corrected chi connectivity index (χ0v) is 17.2. The molecule has 0 atom stereocenters. The van der Waals surface area contributed by atoms with Gasteiger partial charge in [-0.1, -0.05) is 48.5 Å². The number of hydrogen-bond donors (Lipinski definition) is 1. The molecule has 0 bridgehead atoms. The SMILES string of the molecule is COc1ccc(/C=N/NC(=O)c2cc(-c3ccccc3)nc3ccccc23)cc1OC. The van der Waals surface area contributed by atoms with E-state index in [4.69, 9.17) is 14.5 Å². The second-order valence-electron chi connectivity index (χ2n) is 6.75. The quantitative estimate of drug-likeness (QED) is 0.369. The Morgan fingerprint density at radius 3 is 2.42 bits per heavy atom. The van der Waals surface area contributed by atoms with Crippen molar-refractivity contribution < 1.29 is 14.3 Å². The van der Waals surface area contributed by atoms with Crippen LogP contribution in [0, 0.1) is 0 Å². The van der Waals surface area contributed by atoms with E-state index >= 15 is 0 Å². The van der Waals surface area contributed by atoms with Gasteiger partial charge in [0.05, 0.1) is 37.2 Å². The molecule has 4 aromatic rings. The molecule has 6 heteroatoms. The molecule has 1 aromatic heterocycles. The highest BCUT2D eigenvalue weighted by atomic mass is 16.5. The monoisotopic (exact) mass is 411 g/mol. The lowest BCUT2D eigenvalue weighted by atomic mass is 10.0. The van der Waals surface area contributed by atoms with Crippen LogP contribution in [0.15, 0.2) is 84.0 Å². The molecule has 0 radical (unpaired) electrons. The Morgan fingerprint density at radius 2 is 1.65 bits per heavy atom. The van der Waals surface area contributed by atoms with Gasteiger partial charge in [0, 0.05) is 10.9 Å². The van der Waals surface area contributed by atoms with Crippen LogP contribution in [0.4, 0.5) is 0 Å². The molecule has 0 unspecified atom stereocenters. The van der Waals surface area contributed by atoms with E-state index in [-0.39, 0.29) is 5.91 Å². The molecule has 4 rings (SSSR count). The Balaban J connectivity index is 1.62. The molecule has 0 saturated heterocycles. The summed E-state index contributed by atoms with van der Waals surface area (Å²) in [6, 6.07) is 24.5. The van der Waals surface area contributed by atoms with Crippen molar-refractivity contribution in [2.75, 3.05) is 14.2 Å². The van der Waals surface area contributed by atoms with Crippen LogP contribution in [0.5, 0.6) is 11.5 Å². The molecular weight excluding hydrogens is 390 g/mol. The highest BCUT2D eigenvalue weighted by Gasteiger charge is 2.13. The van der Waals surface area contributed by atoms with Gasteiger partial charge in [0.1, 0.15) is 0 Å². The number of carbonyl (C=O) groups excluding carboxylic acids is 1. The second kappa shape index (κ2) is 9.09. The minimum absolute atomic E-state index is 0.312. The number of hydrazone groups is 1. The van der Waals surface area contributed by atoms with Crippen molar-refractivity contribution in [1.29, 1.82) is 0 Å². The standard InChI is InChI=1S/C25H21N3O3/c1-30-23-13-12-17(14-24(23)31-2)16-26-28-25(29)20-15-22(18-8-4-3-5-9-18)27-21-11-7-6-10-19(20)21/h3-16H,1-2H3,(H,28,29)/b26-16+. The number of fused-ring (bicyclic) bond motifs is 1. The number of ether oxygens (including phenoxy) is 2. The van der Waals surface area contributed by atoms with Crippen molar-refractivity contribution in [3.05, 3.63) is 90.0 Å². The molecule has 6 nitrogen and oxygen atoms in total. The molecular formula is C25H21N3O3. The Bertz CT molecular complexity index is 1250. The molecule has 3 aromatic carbocycles. The number of amides is 1. The number of carbonyl (C=O) groups is 1. The summed E-state index contributed by atoms with van der Waals surface area (Å²) in [6.45, 7) is 0. The van der Waals surface area contributed by atoms with E-state index in [0.717, 1.165) is 27.7 Å². The van der Waals surface area contributed by atoms with Crippen molar-refractivity contribution in [2.24, 2.45) is 5.10 Å². The maximum atomic E-state index is 13.0. The van der Waals surface area contributed by atoms with Gasteiger partial charge in [-0.05, 0) is 35.9 Å². The summed E-state index contributed by atoms with van der Waals surface area (Å²) in [5, 5.41) is 4.88. The minimum atomic E-state index is -0.312. The fraction of sp³-hybridized carbons (Fsp3) is 0.0800. The van der Waals surface area contributed by atoms with Crippen molar-refractivity contribution in [1.82, 2.24) is 10.4 Å². The highest BCUT2D eigenvalue weighted by Crippen LogP contribution is 2.27. The maximum absolute atomic E-state index is 13.0. The van der Waals surface area contributed by atoms with Crippen LogP contribution in [0.3, 0.4) is 0 Å². The highest BCUT2D eigenvalue weighted by molar-refractivity contribution is 6.07. The predicted octanol–water partition coefficient (Wildman–Crippen LogP) is 4.68. The van der Waals surface area contributed by atoms with Gasteiger partial charge in [0.2, 0.25) is 0 Å². The average molecular weight is 411 g/mol. The summed E-state index contributed by atoms with van der Waals surface area (Å²) in [5.41, 5.74) is 6.31. The van der Waals surface area contributed by atoms with Gasteiger partial charge in [0.15, 0.2) is 11.5 Å². The third-order valence-electron chi connectivity index (χ3n) is 4.82. The first kappa shape index (κ1) is 20.1. The Kier molecular flexibility index (Phi) is 5.89. The van der Waals surface area contributed by atoms with E-state index < -0.39 is 0 Å². The molecule has 1 amide bonds. The van der Waals surface area contributed by atoms with Gasteiger partial charge in [-0.25, -0.2) is 10.4 Å². The van der Waals surface area contributed by atoms with E-state index in [9.17, 15) is 4.79 Å². The summed E-state index contributed by atoms with van der Waals surface area (Å²) >= 11 is 0. The molecule has 0 saturated carbocycles. The van der Waals surface area contributed by atoms with E-state index in [0.29, 0.717) is 17.1 Å². The molecule has 31 heavy (non-hydrogen) atoms. The molecule has 0 aliphatic carbocycles. The third-order valence-corrected chi connectivity index (χ3v) is 4.82. The van der Waals surface area contributed by atoms with E-state index in [1.165, 1.54) is 0 Å². The molecule has 1 heterocycles. The van der Waals surface area contributed by atoms with Gasteiger partial charge in [0.25, 0.3) is 5.91 Å². The second-order valence-corrected chi connectivity index (χ2v) is 6.75. The summed E-state index contributed by atoms with van der Waals surface area (Å²) in [5.74, 6) is 0.901. The number of pyridine rings is 1. The van der Waals surface area contributed by atoms with E-state index in [1.807, 2.05) is 60.7 Å². The van der Waals surface area contributed by atoms with Gasteiger partial charge >= 0.3 is 0 Å². The van der Waals surface area contributed by atoms with Crippen LogP contribution >= 0.6 is 0 Å². The van der Waals surface area contributed by atoms with Crippen LogP contribution in [-0.4, -0.2) is 31.3 Å². The lowest BCUT2D eigenvalue weighted by Crippen LogP contribution is -2.18. The van der Waals surface area contributed by atoms with Crippen LogP contribution in [0.25, 0.3) is 22.2 Å². The average Bonchev–Trinajstić information content (AvgIpc) is 2.83. The first-order chi connectivity index (χ1) is 15.2. The number of benzene rings is 3. The number of nitrogens with zero attached hydrogens (tertiary/aromatic N) is 2. The molecule has 0 fully saturated rings. The molecule has 154 valence electrons. The lowest BCUT2D eigenvalue weighted by Gasteiger charge is -2.09. The maximum Gasteiger partial charge on any atom is 0.272 e. The Labute approximate surface area is 180 Å². The van der Waals surface area contributed by atoms with Crippen molar-refractivity contribution in [2.45, 2.75) is 0 Å². The number of rotatable bonds is 6. The lowest BCUT2D eigenvalue weighted by molar-refractivity contribution is 0.0956. The fourth-order valence-corrected chi connectivity index (χ4v) is 3.28. The zero-order chi connectivity index (χ0) is 21.6. The summed E-state index contributed by atoms with van der Waals surface area (Å²) in [7, 11) is 3.15. The van der Waals surface area contributed by atoms with Crippen molar-refractivity contribution in [3.8, 4) is 22.8 Å². The fourth-order valence-electron chi connectivity index (χ4n) is 3.28. The molecule has 0 aliphatic heterocycles. The predicted molar refractivity (Wildman–Crippen MR) is 122 cm³/mol. The minimum Gasteiger partial charge on any atom is -0.493 e. The third kappa shape index (κ3) is 4.38. The summed E-state index contributed by atoms with van der Waals surface area (Å²) in [4.78, 5) is 17.7. The van der Waals surface area contributed by atoms with Gasteiger partial charge in [-0.2, -0.15) is 5.10 Å². The molecule has 1 N–H and O–H groups in total. The van der Waals surface area contributed by atoms with Gasteiger partial charge in [-0.3, -0.25) is 4.79 Å². The Morgan fingerprint density at radius 1 is 0.903 bits per heavy atom. The number of para-hydroxylation sites is 1. The van der Waals surface area contributed by atoms with Crippen LogP contribution < -0.4 is 14.9 Å². The van der Waals surface area contributed by atoms with Gasteiger partial charge in [-0.15, -0.1) is 0 Å². The van der Waals surface area contributed by atoms with Gasteiger partial charge < -0.3 is 9.47 Å². The van der Waals surface area contributed by atoms with Crippen molar-refractivity contribution in [3.63, 3.8) is 0 Å². The van der Waals surface area contributed by atoms with Crippen LogP contribution in [0.1, 0.15) is 15.9 Å².